The average molecular weight is 231 g/mol. The molecular weight excluding hydrogens is 206 g/mol. The molecule has 1 aliphatic carbocycles. The van der Waals surface area contributed by atoms with Gasteiger partial charge in [0.15, 0.2) is 0 Å². The maximum absolute atomic E-state index is 4.25. The maximum atomic E-state index is 4.25. The normalized spacial score (nSPS) is 19.1. The molecule has 1 heterocycles. The topological polar surface area (TPSA) is 12.9 Å². The molecule has 0 bridgehead atoms. The highest BCUT2D eigenvalue weighted by Crippen LogP contribution is 2.32. The lowest BCUT2D eigenvalue weighted by molar-refractivity contribution is 0.322. The van der Waals surface area contributed by atoms with E-state index in [1.54, 1.807) is 0 Å². The van der Waals surface area contributed by atoms with E-state index < -0.39 is 0 Å². The van der Waals surface area contributed by atoms with Crippen LogP contribution in [0.5, 0.6) is 0 Å². The van der Waals surface area contributed by atoms with E-state index in [0.717, 1.165) is 11.8 Å². The van der Waals surface area contributed by atoms with Gasteiger partial charge in [0.2, 0.25) is 0 Å². The van der Waals surface area contributed by atoms with Gasteiger partial charge in [0, 0.05) is 12.4 Å². The van der Waals surface area contributed by atoms with E-state index in [1.165, 1.54) is 56.9 Å². The first kappa shape index (κ1) is 12.6. The van der Waals surface area contributed by atoms with Gasteiger partial charge in [0.1, 0.15) is 0 Å². The zero-order valence-electron chi connectivity index (χ0n) is 11.1. The van der Waals surface area contributed by atoms with Crippen molar-refractivity contribution in [1.82, 2.24) is 4.98 Å². The van der Waals surface area contributed by atoms with Crippen LogP contribution >= 0.6 is 0 Å². The fraction of sp³-hybridized carbons (Fsp3) is 0.688. The molecule has 0 spiro atoms. The monoisotopic (exact) mass is 231 g/mol. The largest absolute Gasteiger partial charge is 0.264 e. The Morgan fingerprint density at radius 1 is 1.29 bits per heavy atom. The third-order valence-electron chi connectivity index (χ3n) is 4.30. The molecule has 1 unspecified atom stereocenters. The van der Waals surface area contributed by atoms with Crippen LogP contribution in [0.15, 0.2) is 24.5 Å². The van der Waals surface area contributed by atoms with Crippen molar-refractivity contribution in [2.45, 2.75) is 64.2 Å². The Bertz CT molecular complexity index is 301. The van der Waals surface area contributed by atoms with Gasteiger partial charge in [-0.1, -0.05) is 45.1 Å². The Morgan fingerprint density at radius 2 is 2.12 bits per heavy atom. The summed E-state index contributed by atoms with van der Waals surface area (Å²) in [5.74, 6) is 1.74. The fourth-order valence-corrected chi connectivity index (χ4v) is 3.14. The van der Waals surface area contributed by atoms with E-state index in [-0.39, 0.29) is 0 Å². The lowest BCUT2D eigenvalue weighted by Crippen LogP contribution is -2.08. The molecule has 0 N–H and O–H groups in total. The van der Waals surface area contributed by atoms with E-state index in [2.05, 4.69) is 30.2 Å². The van der Waals surface area contributed by atoms with Gasteiger partial charge in [-0.2, -0.15) is 0 Å². The first-order valence-corrected chi connectivity index (χ1v) is 7.30. The highest BCUT2D eigenvalue weighted by molar-refractivity contribution is 5.14. The SMILES string of the molecule is CCC(CCC1CCCCC1)c1cccnc1. The summed E-state index contributed by atoms with van der Waals surface area (Å²) >= 11 is 0. The van der Waals surface area contributed by atoms with Crippen molar-refractivity contribution >= 4 is 0 Å². The fourth-order valence-electron chi connectivity index (χ4n) is 3.14. The van der Waals surface area contributed by atoms with Crippen molar-refractivity contribution in [3.05, 3.63) is 30.1 Å². The summed E-state index contributed by atoms with van der Waals surface area (Å²) in [6.07, 6.45) is 15.3. The van der Waals surface area contributed by atoms with Crippen LogP contribution in [0, 0.1) is 5.92 Å². The molecule has 1 aromatic heterocycles. The predicted molar refractivity (Wildman–Crippen MR) is 73.1 cm³/mol. The van der Waals surface area contributed by atoms with Gasteiger partial charge >= 0.3 is 0 Å². The van der Waals surface area contributed by atoms with Crippen molar-refractivity contribution in [2.75, 3.05) is 0 Å². The summed E-state index contributed by atoms with van der Waals surface area (Å²) in [5.41, 5.74) is 1.44. The molecule has 0 amide bonds. The molecule has 1 nitrogen and oxygen atoms in total. The van der Waals surface area contributed by atoms with Crippen LogP contribution in [-0.4, -0.2) is 4.98 Å². The van der Waals surface area contributed by atoms with Crippen molar-refractivity contribution in [1.29, 1.82) is 0 Å². The minimum absolute atomic E-state index is 0.727. The molecule has 1 atom stereocenters. The number of rotatable bonds is 5. The van der Waals surface area contributed by atoms with Crippen LogP contribution in [0.1, 0.15) is 69.8 Å². The minimum atomic E-state index is 0.727. The number of aromatic nitrogens is 1. The summed E-state index contributed by atoms with van der Waals surface area (Å²) in [7, 11) is 0. The molecule has 0 aromatic carbocycles. The van der Waals surface area contributed by atoms with Crippen molar-refractivity contribution in [3.8, 4) is 0 Å². The van der Waals surface area contributed by atoms with Crippen molar-refractivity contribution < 1.29 is 0 Å². The molecule has 1 fully saturated rings. The summed E-state index contributed by atoms with van der Waals surface area (Å²) < 4.78 is 0. The van der Waals surface area contributed by atoms with Crippen LogP contribution < -0.4 is 0 Å². The average Bonchev–Trinajstić information content (AvgIpc) is 2.42. The molecule has 0 aliphatic heterocycles. The van der Waals surface area contributed by atoms with E-state index in [4.69, 9.17) is 0 Å². The summed E-state index contributed by atoms with van der Waals surface area (Å²) in [6, 6.07) is 4.31. The molecule has 1 saturated carbocycles. The van der Waals surface area contributed by atoms with Gasteiger partial charge < -0.3 is 0 Å². The Morgan fingerprint density at radius 3 is 2.76 bits per heavy atom. The van der Waals surface area contributed by atoms with E-state index in [1.807, 2.05) is 6.20 Å². The number of nitrogens with zero attached hydrogens (tertiary/aromatic N) is 1. The zero-order chi connectivity index (χ0) is 11.9. The molecule has 17 heavy (non-hydrogen) atoms. The predicted octanol–water partition coefficient (Wildman–Crippen LogP) is 4.94. The van der Waals surface area contributed by atoms with Crippen LogP contribution in [0.3, 0.4) is 0 Å². The van der Waals surface area contributed by atoms with Gasteiger partial charge in [0.25, 0.3) is 0 Å². The third kappa shape index (κ3) is 3.83. The highest BCUT2D eigenvalue weighted by atomic mass is 14.6. The smallest absolute Gasteiger partial charge is 0.0302 e. The molecular formula is C16H25N. The first-order valence-electron chi connectivity index (χ1n) is 7.30. The quantitative estimate of drug-likeness (QED) is 0.699. The highest BCUT2D eigenvalue weighted by Gasteiger charge is 2.16. The molecule has 0 radical (unpaired) electrons. The van der Waals surface area contributed by atoms with E-state index in [9.17, 15) is 0 Å². The maximum Gasteiger partial charge on any atom is 0.0302 e. The number of pyridine rings is 1. The summed E-state index contributed by atoms with van der Waals surface area (Å²) in [5, 5.41) is 0. The Kier molecular flexibility index (Phi) is 5.03. The van der Waals surface area contributed by atoms with Crippen LogP contribution in [-0.2, 0) is 0 Å². The second-order valence-electron chi connectivity index (χ2n) is 5.47. The molecule has 0 saturated heterocycles. The second kappa shape index (κ2) is 6.78. The molecule has 1 heteroatoms. The summed E-state index contributed by atoms with van der Waals surface area (Å²) in [6.45, 7) is 2.30. The van der Waals surface area contributed by atoms with Gasteiger partial charge in [-0.3, -0.25) is 4.98 Å². The zero-order valence-corrected chi connectivity index (χ0v) is 11.1. The van der Waals surface area contributed by atoms with Gasteiger partial charge in [-0.25, -0.2) is 0 Å². The van der Waals surface area contributed by atoms with E-state index in [0.29, 0.717) is 0 Å². The van der Waals surface area contributed by atoms with Gasteiger partial charge in [0.05, 0.1) is 0 Å². The Balaban J connectivity index is 1.83. The third-order valence-corrected chi connectivity index (χ3v) is 4.30. The van der Waals surface area contributed by atoms with E-state index >= 15 is 0 Å². The Hall–Kier alpha value is -0.850. The number of hydrogen-bond donors (Lipinski definition) is 0. The lowest BCUT2D eigenvalue weighted by Gasteiger charge is -2.23. The number of hydrogen-bond acceptors (Lipinski definition) is 1. The van der Waals surface area contributed by atoms with Gasteiger partial charge in [-0.05, 0) is 42.7 Å². The molecule has 94 valence electrons. The van der Waals surface area contributed by atoms with Crippen LogP contribution in [0.25, 0.3) is 0 Å². The molecule has 1 aliphatic rings. The molecule has 1 aromatic rings. The summed E-state index contributed by atoms with van der Waals surface area (Å²) in [4.78, 5) is 4.25. The Labute approximate surface area is 106 Å². The second-order valence-corrected chi connectivity index (χ2v) is 5.47. The first-order chi connectivity index (χ1) is 8.40. The van der Waals surface area contributed by atoms with Crippen molar-refractivity contribution in [3.63, 3.8) is 0 Å². The van der Waals surface area contributed by atoms with Crippen LogP contribution in [0.4, 0.5) is 0 Å². The lowest BCUT2D eigenvalue weighted by atomic mass is 9.82. The van der Waals surface area contributed by atoms with Crippen LogP contribution in [0.2, 0.25) is 0 Å². The minimum Gasteiger partial charge on any atom is -0.264 e. The molecule has 2 rings (SSSR count). The standard InChI is InChI=1S/C16H25N/c1-2-15(16-9-6-12-17-13-16)11-10-14-7-4-3-5-8-14/h6,9,12-15H,2-5,7-8,10-11H2,1H3. The van der Waals surface area contributed by atoms with Gasteiger partial charge in [-0.15, -0.1) is 0 Å². The van der Waals surface area contributed by atoms with Crippen molar-refractivity contribution in [2.24, 2.45) is 5.92 Å².